The van der Waals surface area contributed by atoms with Crippen molar-refractivity contribution in [2.75, 3.05) is 13.2 Å². The van der Waals surface area contributed by atoms with Gasteiger partial charge in [-0.1, -0.05) is 6.08 Å². The average Bonchev–Trinajstić information content (AvgIpc) is 2.29. The highest BCUT2D eigenvalue weighted by Gasteiger charge is 2.25. The molecule has 1 atom stereocenters. The summed E-state index contributed by atoms with van der Waals surface area (Å²) in [5.41, 5.74) is 4.88. The maximum Gasteiger partial charge on any atom is 0.407 e. The van der Waals surface area contributed by atoms with Crippen LogP contribution in [0.5, 0.6) is 0 Å². The third-order valence-corrected chi connectivity index (χ3v) is 2.25. The van der Waals surface area contributed by atoms with E-state index < -0.39 is 29.3 Å². The molecular formula is C15H28N2O5. The highest BCUT2D eigenvalue weighted by molar-refractivity contribution is 5.80. The molecule has 0 bridgehead atoms. The highest BCUT2D eigenvalue weighted by Crippen LogP contribution is 2.11. The molecule has 4 N–H and O–H groups in total. The third kappa shape index (κ3) is 9.36. The number of alkyl carbamates (subject to hydrolysis) is 1. The number of nitrogens with one attached hydrogen (secondary N) is 1. The van der Waals surface area contributed by atoms with Gasteiger partial charge in [0.25, 0.3) is 0 Å². The molecule has 0 saturated heterocycles. The second-order valence-corrected chi connectivity index (χ2v) is 6.83. The van der Waals surface area contributed by atoms with Crippen molar-refractivity contribution in [3.05, 3.63) is 11.6 Å². The lowest BCUT2D eigenvalue weighted by Crippen LogP contribution is -2.42. The molecule has 0 aliphatic carbocycles. The average molecular weight is 316 g/mol. The minimum Gasteiger partial charge on any atom is -0.459 e. The molecule has 0 heterocycles. The first-order valence-corrected chi connectivity index (χ1v) is 7.11. The Bertz CT molecular complexity index is 419. The third-order valence-electron chi connectivity index (χ3n) is 2.25. The van der Waals surface area contributed by atoms with Crippen LogP contribution in [-0.4, -0.2) is 47.6 Å². The van der Waals surface area contributed by atoms with Gasteiger partial charge in [0.1, 0.15) is 17.2 Å². The van der Waals surface area contributed by atoms with Crippen molar-refractivity contribution in [1.29, 1.82) is 0 Å². The van der Waals surface area contributed by atoms with Crippen LogP contribution in [0.2, 0.25) is 0 Å². The maximum absolute atomic E-state index is 11.9. The van der Waals surface area contributed by atoms with Crippen LogP contribution < -0.4 is 11.1 Å². The van der Waals surface area contributed by atoms with E-state index in [0.717, 1.165) is 0 Å². The summed E-state index contributed by atoms with van der Waals surface area (Å²) in [5, 5.41) is 11.5. The van der Waals surface area contributed by atoms with E-state index in [9.17, 15) is 9.59 Å². The summed E-state index contributed by atoms with van der Waals surface area (Å²) in [6.45, 7) is 10.1. The van der Waals surface area contributed by atoms with E-state index in [2.05, 4.69) is 5.32 Å². The van der Waals surface area contributed by atoms with Crippen molar-refractivity contribution >= 4 is 12.1 Å². The molecule has 0 rings (SSSR count). The molecular weight excluding hydrogens is 288 g/mol. The van der Waals surface area contributed by atoms with E-state index in [1.54, 1.807) is 41.5 Å². The van der Waals surface area contributed by atoms with Crippen LogP contribution in [0, 0.1) is 0 Å². The predicted octanol–water partition coefficient (Wildman–Crippen LogP) is 1.10. The van der Waals surface area contributed by atoms with Gasteiger partial charge in [-0.05, 0) is 47.1 Å². The molecule has 1 amide bonds. The zero-order chi connectivity index (χ0) is 17.6. The van der Waals surface area contributed by atoms with Crippen molar-refractivity contribution in [3.63, 3.8) is 0 Å². The van der Waals surface area contributed by atoms with Crippen LogP contribution in [0.1, 0.15) is 41.5 Å². The number of aliphatic hydroxyl groups excluding tert-OH is 1. The summed E-state index contributed by atoms with van der Waals surface area (Å²) in [7, 11) is 0. The van der Waals surface area contributed by atoms with Crippen LogP contribution >= 0.6 is 0 Å². The van der Waals surface area contributed by atoms with Crippen molar-refractivity contribution in [3.8, 4) is 0 Å². The number of aliphatic hydroxyl groups is 1. The summed E-state index contributed by atoms with van der Waals surface area (Å²) in [5.74, 6) is -0.627. The molecule has 0 radical (unpaired) electrons. The van der Waals surface area contributed by atoms with Crippen molar-refractivity contribution in [2.45, 2.75) is 58.8 Å². The fourth-order valence-corrected chi connectivity index (χ4v) is 1.43. The van der Waals surface area contributed by atoms with Crippen molar-refractivity contribution in [1.82, 2.24) is 5.32 Å². The number of hydrogen-bond donors (Lipinski definition) is 3. The quantitative estimate of drug-likeness (QED) is 0.517. The smallest absolute Gasteiger partial charge is 0.407 e. The van der Waals surface area contributed by atoms with Crippen molar-refractivity contribution in [2.24, 2.45) is 5.73 Å². The topological polar surface area (TPSA) is 111 Å². The number of nitrogens with two attached hydrogens (primary N) is 1. The number of rotatable bonds is 5. The standard InChI is InChI=1S/C15H28N2O5/c1-14(2,3)21-12(19)11(16)10(7-8-18)9-17-13(20)22-15(4,5)6/h7,11,18H,8-9,16H2,1-6H3,(H,17,20)/b10-7-. The Hall–Kier alpha value is -1.60. The number of amides is 1. The minimum absolute atomic E-state index is 0.0180. The zero-order valence-corrected chi connectivity index (χ0v) is 14.2. The van der Waals surface area contributed by atoms with Gasteiger partial charge in [0, 0.05) is 6.54 Å². The van der Waals surface area contributed by atoms with E-state index in [4.69, 9.17) is 20.3 Å². The number of carbonyl (C=O) groups excluding carboxylic acids is 2. The summed E-state index contributed by atoms with van der Waals surface area (Å²) < 4.78 is 10.3. The Kier molecular flexibility index (Phi) is 7.55. The molecule has 0 aromatic rings. The first kappa shape index (κ1) is 20.4. The Labute approximate surface area is 131 Å². The molecule has 0 saturated carbocycles. The van der Waals surface area contributed by atoms with Crippen LogP contribution in [-0.2, 0) is 14.3 Å². The number of carbonyl (C=O) groups is 2. The monoisotopic (exact) mass is 316 g/mol. The largest absolute Gasteiger partial charge is 0.459 e. The van der Waals surface area contributed by atoms with Gasteiger partial charge in [0.15, 0.2) is 0 Å². The van der Waals surface area contributed by atoms with Gasteiger partial charge >= 0.3 is 12.1 Å². The van der Waals surface area contributed by atoms with Gasteiger partial charge in [-0.2, -0.15) is 0 Å². The number of esters is 1. The number of ether oxygens (including phenoxy) is 2. The van der Waals surface area contributed by atoms with Gasteiger partial charge in [-0.15, -0.1) is 0 Å². The first-order chi connectivity index (χ1) is 9.85. The normalized spacial score (nSPS) is 14.3. The van der Waals surface area contributed by atoms with Gasteiger partial charge in [0.2, 0.25) is 0 Å². The maximum atomic E-state index is 11.9. The fourth-order valence-electron chi connectivity index (χ4n) is 1.43. The second kappa shape index (κ2) is 8.14. The SMILES string of the molecule is CC(C)(C)OC(=O)NC/C(=C/CO)C(N)C(=O)OC(C)(C)C. The van der Waals surface area contributed by atoms with Crippen LogP contribution in [0.3, 0.4) is 0 Å². The van der Waals surface area contributed by atoms with E-state index >= 15 is 0 Å². The van der Waals surface area contributed by atoms with Crippen LogP contribution in [0.25, 0.3) is 0 Å². The minimum atomic E-state index is -1.07. The van der Waals surface area contributed by atoms with Crippen LogP contribution in [0.4, 0.5) is 4.79 Å². The Morgan fingerprint density at radius 2 is 1.64 bits per heavy atom. The molecule has 0 aromatic heterocycles. The molecule has 0 fully saturated rings. The molecule has 0 aromatic carbocycles. The second-order valence-electron chi connectivity index (χ2n) is 6.83. The molecule has 22 heavy (non-hydrogen) atoms. The lowest BCUT2D eigenvalue weighted by molar-refractivity contribution is -0.155. The lowest BCUT2D eigenvalue weighted by Gasteiger charge is -2.24. The van der Waals surface area contributed by atoms with Gasteiger partial charge in [-0.25, -0.2) is 9.59 Å². The summed E-state index contributed by atoms with van der Waals surface area (Å²) in [6, 6.07) is -1.07. The fraction of sp³-hybridized carbons (Fsp3) is 0.733. The Morgan fingerprint density at radius 1 is 1.14 bits per heavy atom. The lowest BCUT2D eigenvalue weighted by atomic mass is 10.1. The van der Waals surface area contributed by atoms with E-state index in [1.165, 1.54) is 6.08 Å². The van der Waals surface area contributed by atoms with E-state index in [0.29, 0.717) is 5.57 Å². The van der Waals surface area contributed by atoms with E-state index in [1.807, 2.05) is 0 Å². The molecule has 0 aliphatic rings. The molecule has 0 aliphatic heterocycles. The van der Waals surface area contributed by atoms with Gasteiger partial charge in [-0.3, -0.25) is 0 Å². The summed E-state index contributed by atoms with van der Waals surface area (Å²) in [6.07, 6.45) is 0.735. The first-order valence-electron chi connectivity index (χ1n) is 7.11. The molecule has 0 spiro atoms. The van der Waals surface area contributed by atoms with Gasteiger partial charge in [0.05, 0.1) is 6.61 Å². The predicted molar refractivity (Wildman–Crippen MR) is 83.2 cm³/mol. The Balaban J connectivity index is 4.71. The highest BCUT2D eigenvalue weighted by atomic mass is 16.6. The van der Waals surface area contributed by atoms with Gasteiger partial charge < -0.3 is 25.6 Å². The summed E-state index contributed by atoms with van der Waals surface area (Å²) in [4.78, 5) is 23.5. The molecule has 128 valence electrons. The van der Waals surface area contributed by atoms with Crippen molar-refractivity contribution < 1.29 is 24.2 Å². The van der Waals surface area contributed by atoms with Crippen LogP contribution in [0.15, 0.2) is 11.6 Å². The molecule has 7 heteroatoms. The molecule has 1 unspecified atom stereocenters. The Morgan fingerprint density at radius 3 is 2.05 bits per heavy atom. The molecule has 7 nitrogen and oxygen atoms in total. The summed E-state index contributed by atoms with van der Waals surface area (Å²) >= 11 is 0. The van der Waals surface area contributed by atoms with E-state index in [-0.39, 0.29) is 13.2 Å². The number of hydrogen-bond acceptors (Lipinski definition) is 6. The zero-order valence-electron chi connectivity index (χ0n) is 14.2.